The van der Waals surface area contributed by atoms with E-state index in [1.165, 1.54) is 12.2 Å². The number of carbonyl (C=O) groups is 1. The van der Waals surface area contributed by atoms with E-state index < -0.39 is 0 Å². The molecule has 1 aliphatic rings. The summed E-state index contributed by atoms with van der Waals surface area (Å²) in [7, 11) is 0. The summed E-state index contributed by atoms with van der Waals surface area (Å²) < 4.78 is 8.86. The van der Waals surface area contributed by atoms with Gasteiger partial charge in [-0.1, -0.05) is 29.8 Å². The minimum atomic E-state index is -0.389. The molecule has 0 atom stereocenters. The summed E-state index contributed by atoms with van der Waals surface area (Å²) >= 11 is 11.1. The Labute approximate surface area is 108 Å². The summed E-state index contributed by atoms with van der Waals surface area (Å²) in [6.07, 6.45) is 2.82. The largest absolute Gasteiger partial charge is 0.453 e. The SMILES string of the molecule is O=C1C(Cl)=C/C(=N/Cl)C=C1Oc1ccccc1. The van der Waals surface area contributed by atoms with Gasteiger partial charge in [0.2, 0.25) is 5.78 Å². The molecule has 1 aliphatic carbocycles. The molecule has 0 amide bonds. The zero-order chi connectivity index (χ0) is 12.3. The molecule has 1 aromatic carbocycles. The molecule has 0 N–H and O–H groups in total. The summed E-state index contributed by atoms with van der Waals surface area (Å²) in [5.74, 6) is 0.259. The average molecular weight is 268 g/mol. The third-order valence-electron chi connectivity index (χ3n) is 2.06. The molecule has 0 saturated carbocycles. The van der Waals surface area contributed by atoms with Crippen LogP contribution >= 0.6 is 23.4 Å². The van der Waals surface area contributed by atoms with Crippen LogP contribution in [-0.2, 0) is 4.79 Å². The third-order valence-corrected chi connectivity index (χ3v) is 2.54. The number of hydrogen-bond donors (Lipinski definition) is 0. The first-order chi connectivity index (χ1) is 8.20. The average Bonchev–Trinajstić information content (AvgIpc) is 2.36. The quantitative estimate of drug-likeness (QED) is 0.772. The predicted octanol–water partition coefficient (Wildman–Crippen LogP) is 3.25. The fraction of sp³-hybridized carbons (Fsp3) is 0. The van der Waals surface area contributed by atoms with Crippen molar-refractivity contribution in [1.82, 2.24) is 0 Å². The van der Waals surface area contributed by atoms with Gasteiger partial charge in [0, 0.05) is 17.9 Å². The number of rotatable bonds is 2. The number of para-hydroxylation sites is 1. The molecule has 0 fully saturated rings. The van der Waals surface area contributed by atoms with Crippen LogP contribution < -0.4 is 4.74 Å². The lowest BCUT2D eigenvalue weighted by Crippen LogP contribution is -2.15. The van der Waals surface area contributed by atoms with Crippen LogP contribution in [0.4, 0.5) is 0 Å². The van der Waals surface area contributed by atoms with Crippen LogP contribution in [0.2, 0.25) is 0 Å². The first-order valence-corrected chi connectivity index (χ1v) is 5.48. The van der Waals surface area contributed by atoms with Gasteiger partial charge >= 0.3 is 0 Å². The molecule has 0 aromatic heterocycles. The fourth-order valence-corrected chi connectivity index (χ4v) is 1.60. The van der Waals surface area contributed by atoms with Gasteiger partial charge in [0.05, 0.1) is 10.7 Å². The van der Waals surface area contributed by atoms with E-state index in [1.807, 2.05) is 6.07 Å². The Morgan fingerprint density at radius 1 is 1.12 bits per heavy atom. The predicted molar refractivity (Wildman–Crippen MR) is 67.4 cm³/mol. The molecule has 0 radical (unpaired) electrons. The molecule has 0 aliphatic heterocycles. The van der Waals surface area contributed by atoms with E-state index in [1.54, 1.807) is 24.3 Å². The van der Waals surface area contributed by atoms with Crippen LogP contribution in [0, 0.1) is 0 Å². The Hall–Kier alpha value is -1.58. The Bertz CT molecular complexity index is 533. The maximum atomic E-state index is 11.7. The van der Waals surface area contributed by atoms with Gasteiger partial charge in [-0.3, -0.25) is 4.79 Å². The highest BCUT2D eigenvalue weighted by atomic mass is 35.5. The fourth-order valence-electron chi connectivity index (χ4n) is 1.29. The molecule has 0 bridgehead atoms. The summed E-state index contributed by atoms with van der Waals surface area (Å²) in [5, 5.41) is 0.0258. The van der Waals surface area contributed by atoms with Crippen molar-refractivity contribution in [3.8, 4) is 5.75 Å². The second-order valence-electron chi connectivity index (χ2n) is 3.25. The number of allylic oxidation sites excluding steroid dienone is 3. The molecule has 0 unspecified atom stereocenters. The van der Waals surface area contributed by atoms with Crippen molar-refractivity contribution in [2.75, 3.05) is 0 Å². The van der Waals surface area contributed by atoms with Crippen molar-refractivity contribution in [3.05, 3.63) is 53.3 Å². The summed E-state index contributed by atoms with van der Waals surface area (Å²) in [6, 6.07) is 8.92. The van der Waals surface area contributed by atoms with E-state index in [9.17, 15) is 4.79 Å². The minimum Gasteiger partial charge on any atom is -0.453 e. The first-order valence-electron chi connectivity index (χ1n) is 4.76. The first kappa shape index (κ1) is 11.9. The van der Waals surface area contributed by atoms with E-state index in [4.69, 9.17) is 28.1 Å². The molecule has 2 rings (SSSR count). The van der Waals surface area contributed by atoms with Gasteiger partial charge in [-0.25, -0.2) is 0 Å². The number of nitrogens with zero attached hydrogens (tertiary/aromatic N) is 1. The van der Waals surface area contributed by atoms with E-state index >= 15 is 0 Å². The second-order valence-corrected chi connectivity index (χ2v) is 3.83. The standard InChI is InChI=1S/C12H7Cl2NO2/c13-10-6-8(15-14)7-11(12(10)16)17-9-4-2-1-3-5-9/h1-7H/b15-8-. The Morgan fingerprint density at radius 2 is 1.82 bits per heavy atom. The maximum Gasteiger partial charge on any atom is 0.239 e. The normalized spacial score (nSPS) is 17.8. The Balaban J connectivity index is 2.27. The zero-order valence-electron chi connectivity index (χ0n) is 8.56. The zero-order valence-corrected chi connectivity index (χ0v) is 10.1. The molecule has 5 heteroatoms. The van der Waals surface area contributed by atoms with Crippen molar-refractivity contribution in [2.45, 2.75) is 0 Å². The van der Waals surface area contributed by atoms with Gasteiger partial charge in [-0.15, -0.1) is 0 Å². The number of Topliss-reactive ketones (excluding diaryl/α,β-unsaturated/α-hetero) is 1. The molecule has 0 saturated heterocycles. The van der Waals surface area contributed by atoms with E-state index in [0.717, 1.165) is 0 Å². The van der Waals surface area contributed by atoms with Crippen LogP contribution in [0.5, 0.6) is 5.75 Å². The monoisotopic (exact) mass is 267 g/mol. The summed E-state index contributed by atoms with van der Waals surface area (Å²) in [6.45, 7) is 0. The number of ether oxygens (including phenoxy) is 1. The van der Waals surface area contributed by atoms with Crippen molar-refractivity contribution in [3.63, 3.8) is 0 Å². The van der Waals surface area contributed by atoms with Crippen LogP contribution in [0.15, 0.2) is 57.8 Å². The van der Waals surface area contributed by atoms with Gasteiger partial charge in [-0.2, -0.15) is 4.51 Å². The number of halogens is 2. The molecule has 3 nitrogen and oxygen atoms in total. The lowest BCUT2D eigenvalue weighted by molar-refractivity contribution is -0.113. The third kappa shape index (κ3) is 2.75. The van der Waals surface area contributed by atoms with E-state index in [2.05, 4.69) is 4.51 Å². The van der Waals surface area contributed by atoms with Gasteiger partial charge < -0.3 is 4.74 Å². The van der Waals surface area contributed by atoms with Crippen LogP contribution in [0.25, 0.3) is 0 Å². The minimum absolute atomic E-state index is 0.0258. The highest BCUT2D eigenvalue weighted by Gasteiger charge is 2.21. The lowest BCUT2D eigenvalue weighted by Gasteiger charge is -2.11. The number of benzene rings is 1. The Kier molecular flexibility index (Phi) is 3.61. The molecule has 0 heterocycles. The molecule has 1 aromatic rings. The lowest BCUT2D eigenvalue weighted by atomic mass is 10.1. The topological polar surface area (TPSA) is 38.7 Å². The Morgan fingerprint density at radius 3 is 2.47 bits per heavy atom. The van der Waals surface area contributed by atoms with Gasteiger partial charge in [0.1, 0.15) is 5.75 Å². The van der Waals surface area contributed by atoms with Crippen molar-refractivity contribution in [1.29, 1.82) is 0 Å². The van der Waals surface area contributed by atoms with Crippen LogP contribution in [0.1, 0.15) is 0 Å². The van der Waals surface area contributed by atoms with Gasteiger partial charge in [-0.05, 0) is 18.2 Å². The molecular formula is C12H7Cl2NO2. The molecule has 86 valence electrons. The maximum absolute atomic E-state index is 11.7. The van der Waals surface area contributed by atoms with Gasteiger partial charge in [0.15, 0.2) is 5.76 Å². The van der Waals surface area contributed by atoms with Crippen LogP contribution in [-0.4, -0.2) is 11.5 Å². The number of ketones is 1. The van der Waals surface area contributed by atoms with Crippen molar-refractivity contribution >= 4 is 34.9 Å². The van der Waals surface area contributed by atoms with Crippen molar-refractivity contribution in [2.24, 2.45) is 4.51 Å². The number of carbonyl (C=O) groups excluding carboxylic acids is 1. The van der Waals surface area contributed by atoms with E-state index in [-0.39, 0.29) is 16.6 Å². The second kappa shape index (κ2) is 5.17. The summed E-state index contributed by atoms with van der Waals surface area (Å²) in [5.41, 5.74) is 0.377. The summed E-state index contributed by atoms with van der Waals surface area (Å²) in [4.78, 5) is 11.7. The van der Waals surface area contributed by atoms with Crippen molar-refractivity contribution < 1.29 is 9.53 Å². The van der Waals surface area contributed by atoms with E-state index in [0.29, 0.717) is 11.5 Å². The smallest absolute Gasteiger partial charge is 0.239 e. The molecule has 0 spiro atoms. The highest BCUT2D eigenvalue weighted by Crippen LogP contribution is 2.21. The van der Waals surface area contributed by atoms with Gasteiger partial charge in [0.25, 0.3) is 0 Å². The molecular weight excluding hydrogens is 261 g/mol. The highest BCUT2D eigenvalue weighted by molar-refractivity contribution is 6.48. The number of hydrogen-bond acceptors (Lipinski definition) is 3. The molecule has 17 heavy (non-hydrogen) atoms. The van der Waals surface area contributed by atoms with Crippen LogP contribution in [0.3, 0.4) is 0 Å².